The van der Waals surface area contributed by atoms with E-state index in [1.54, 1.807) is 7.11 Å². The van der Waals surface area contributed by atoms with Crippen molar-refractivity contribution in [2.75, 3.05) is 71.5 Å². The van der Waals surface area contributed by atoms with E-state index in [9.17, 15) is 0 Å². The third kappa shape index (κ3) is 5.73. The van der Waals surface area contributed by atoms with Gasteiger partial charge in [-0.3, -0.25) is 4.90 Å². The molecule has 3 aliphatic rings. The van der Waals surface area contributed by atoms with E-state index in [0.29, 0.717) is 12.5 Å². The lowest BCUT2D eigenvalue weighted by Crippen LogP contribution is -2.45. The maximum Gasteiger partial charge on any atom is 0.163 e. The molecule has 2 saturated heterocycles. The van der Waals surface area contributed by atoms with Crippen LogP contribution in [0.1, 0.15) is 56.7 Å². The van der Waals surface area contributed by atoms with Crippen LogP contribution in [0.4, 0.5) is 5.82 Å². The molecule has 8 heteroatoms. The fraction of sp³-hybridized carbons (Fsp3) is 0.692. The topological polar surface area (TPSA) is 74.8 Å². The molecule has 2 N–H and O–H groups in total. The molecule has 3 heterocycles. The minimum atomic E-state index is 0.455. The quantitative estimate of drug-likeness (QED) is 0.514. The van der Waals surface area contributed by atoms with Gasteiger partial charge in [-0.05, 0) is 51.3 Å². The van der Waals surface area contributed by atoms with E-state index in [1.165, 1.54) is 51.6 Å². The summed E-state index contributed by atoms with van der Waals surface area (Å²) in [5, 5.41) is 8.04. The number of nitrogens with one attached hydrogen (secondary N) is 2. The first kappa shape index (κ1) is 23.6. The fourth-order valence-corrected chi connectivity index (χ4v) is 5.46. The first-order valence-corrected chi connectivity index (χ1v) is 13.2. The van der Waals surface area contributed by atoms with Gasteiger partial charge >= 0.3 is 0 Å². The van der Waals surface area contributed by atoms with Gasteiger partial charge in [-0.1, -0.05) is 12.8 Å². The molecule has 0 bridgehead atoms. The summed E-state index contributed by atoms with van der Waals surface area (Å²) in [5.41, 5.74) is 0.940. The molecule has 0 atom stereocenters. The zero-order valence-corrected chi connectivity index (χ0v) is 20.7. The summed E-state index contributed by atoms with van der Waals surface area (Å²) in [6, 6.07) is 4.10. The number of likely N-dealkylation sites (tertiary alicyclic amines) is 1. The number of anilines is 1. The smallest absolute Gasteiger partial charge is 0.163 e. The number of piperazine rings is 1. The molecule has 1 saturated carbocycles. The van der Waals surface area contributed by atoms with Gasteiger partial charge < -0.3 is 25.0 Å². The van der Waals surface area contributed by atoms with Crippen molar-refractivity contribution in [3.8, 4) is 11.5 Å². The molecule has 3 fully saturated rings. The second kappa shape index (κ2) is 11.5. The summed E-state index contributed by atoms with van der Waals surface area (Å²) in [7, 11) is 1.71. The molecule has 1 aromatic carbocycles. The van der Waals surface area contributed by atoms with E-state index >= 15 is 0 Å². The lowest BCUT2D eigenvalue weighted by molar-refractivity contribution is 0.254. The Morgan fingerprint density at radius 2 is 1.76 bits per heavy atom. The van der Waals surface area contributed by atoms with Gasteiger partial charge in [-0.25, -0.2) is 9.97 Å². The van der Waals surface area contributed by atoms with Crippen molar-refractivity contribution in [3.05, 3.63) is 18.0 Å². The van der Waals surface area contributed by atoms with Crippen LogP contribution in [0.15, 0.2) is 12.1 Å². The largest absolute Gasteiger partial charge is 0.493 e. The minimum absolute atomic E-state index is 0.455. The number of hydrogen-bond acceptors (Lipinski definition) is 8. The number of methoxy groups -OCH3 is 1. The van der Waals surface area contributed by atoms with Crippen LogP contribution in [-0.4, -0.2) is 86.0 Å². The fourth-order valence-electron chi connectivity index (χ4n) is 5.46. The third-order valence-corrected chi connectivity index (χ3v) is 7.47. The van der Waals surface area contributed by atoms with Gasteiger partial charge in [0.2, 0.25) is 0 Å². The molecule has 34 heavy (non-hydrogen) atoms. The van der Waals surface area contributed by atoms with Crippen LogP contribution in [0.3, 0.4) is 0 Å². The molecule has 0 radical (unpaired) electrons. The number of rotatable bonds is 10. The molecular weight excluding hydrogens is 428 g/mol. The Hall–Kier alpha value is -2.16. The monoisotopic (exact) mass is 468 g/mol. The third-order valence-electron chi connectivity index (χ3n) is 7.47. The van der Waals surface area contributed by atoms with Crippen molar-refractivity contribution in [1.82, 2.24) is 25.1 Å². The second-order valence-corrected chi connectivity index (χ2v) is 9.89. The molecule has 1 aromatic heterocycles. The summed E-state index contributed by atoms with van der Waals surface area (Å²) in [6.07, 6.45) is 8.57. The maximum absolute atomic E-state index is 6.21. The van der Waals surface area contributed by atoms with Gasteiger partial charge in [0.1, 0.15) is 11.6 Å². The summed E-state index contributed by atoms with van der Waals surface area (Å²) < 4.78 is 11.9. The number of fused-ring (bicyclic) bond motifs is 1. The van der Waals surface area contributed by atoms with Gasteiger partial charge in [0.15, 0.2) is 11.5 Å². The molecule has 5 rings (SSSR count). The Morgan fingerprint density at radius 1 is 0.971 bits per heavy atom. The van der Waals surface area contributed by atoms with Crippen molar-refractivity contribution < 1.29 is 9.47 Å². The molecule has 0 spiro atoms. The Kier molecular flexibility index (Phi) is 7.98. The zero-order valence-electron chi connectivity index (χ0n) is 20.7. The van der Waals surface area contributed by atoms with Crippen molar-refractivity contribution in [2.45, 2.75) is 50.9 Å². The number of ether oxygens (including phenoxy) is 2. The highest BCUT2D eigenvalue weighted by atomic mass is 16.5. The lowest BCUT2D eigenvalue weighted by atomic mass is 10.1. The van der Waals surface area contributed by atoms with Crippen molar-refractivity contribution in [1.29, 1.82) is 0 Å². The van der Waals surface area contributed by atoms with Gasteiger partial charge in [-0.2, -0.15) is 0 Å². The second-order valence-electron chi connectivity index (χ2n) is 9.89. The van der Waals surface area contributed by atoms with Crippen LogP contribution < -0.4 is 20.1 Å². The van der Waals surface area contributed by atoms with E-state index in [0.717, 1.165) is 79.9 Å². The zero-order chi connectivity index (χ0) is 23.2. The standard InChI is InChI=1S/C26H40N6O2/c1-33-23-17-21-22(18-24(23)34-16-6-13-31-11-4-5-12-31)29-25(20-7-2-3-8-20)30-26(21)28-19-32-14-9-27-10-15-32/h17-18,20,27H,2-16,19H2,1H3,(H,28,29,30). The Bertz CT molecular complexity index is 937. The summed E-state index contributed by atoms with van der Waals surface area (Å²) in [6.45, 7) is 9.19. The SMILES string of the molecule is COc1cc2c(NCN3CCNCC3)nc(C3CCCC3)nc2cc1OCCCN1CCCC1. The van der Waals surface area contributed by atoms with Crippen LogP contribution in [0.25, 0.3) is 10.9 Å². The molecule has 0 amide bonds. The number of hydrogen-bond donors (Lipinski definition) is 2. The molecule has 2 aromatic rings. The summed E-state index contributed by atoms with van der Waals surface area (Å²) in [4.78, 5) is 15.0. The first-order valence-electron chi connectivity index (χ1n) is 13.2. The predicted octanol–water partition coefficient (Wildman–Crippen LogP) is 3.44. The molecule has 2 aliphatic heterocycles. The van der Waals surface area contributed by atoms with E-state index < -0.39 is 0 Å². The van der Waals surface area contributed by atoms with Gasteiger partial charge in [0.05, 0.1) is 25.9 Å². The summed E-state index contributed by atoms with van der Waals surface area (Å²) >= 11 is 0. The Labute approximate surface area is 203 Å². The van der Waals surface area contributed by atoms with E-state index in [1.807, 2.05) is 6.07 Å². The number of nitrogens with zero attached hydrogens (tertiary/aromatic N) is 4. The maximum atomic E-state index is 6.21. The van der Waals surface area contributed by atoms with Gasteiger partial charge in [-0.15, -0.1) is 0 Å². The Morgan fingerprint density at radius 3 is 2.53 bits per heavy atom. The van der Waals surface area contributed by atoms with E-state index in [-0.39, 0.29) is 0 Å². The average molecular weight is 469 g/mol. The van der Waals surface area contributed by atoms with Crippen LogP contribution >= 0.6 is 0 Å². The van der Waals surface area contributed by atoms with Gasteiger partial charge in [0, 0.05) is 50.1 Å². The van der Waals surface area contributed by atoms with Crippen LogP contribution in [0.5, 0.6) is 11.5 Å². The molecular formula is C26H40N6O2. The van der Waals surface area contributed by atoms with Crippen LogP contribution in [-0.2, 0) is 0 Å². The van der Waals surface area contributed by atoms with Crippen LogP contribution in [0.2, 0.25) is 0 Å². The van der Waals surface area contributed by atoms with Gasteiger partial charge in [0.25, 0.3) is 0 Å². The molecule has 8 nitrogen and oxygen atoms in total. The van der Waals surface area contributed by atoms with Crippen LogP contribution in [0, 0.1) is 0 Å². The normalized spacial score (nSPS) is 20.3. The van der Waals surface area contributed by atoms with Crippen molar-refractivity contribution >= 4 is 16.7 Å². The number of aromatic nitrogens is 2. The molecule has 186 valence electrons. The Balaban J connectivity index is 1.36. The molecule has 1 aliphatic carbocycles. The minimum Gasteiger partial charge on any atom is -0.493 e. The van der Waals surface area contributed by atoms with Crippen molar-refractivity contribution in [3.63, 3.8) is 0 Å². The highest BCUT2D eigenvalue weighted by molar-refractivity contribution is 5.91. The predicted molar refractivity (Wildman–Crippen MR) is 136 cm³/mol. The van der Waals surface area contributed by atoms with E-state index in [2.05, 4.69) is 26.5 Å². The highest BCUT2D eigenvalue weighted by Crippen LogP contribution is 2.38. The first-order chi connectivity index (χ1) is 16.8. The van der Waals surface area contributed by atoms with E-state index in [4.69, 9.17) is 19.4 Å². The van der Waals surface area contributed by atoms with Crippen molar-refractivity contribution in [2.24, 2.45) is 0 Å². The lowest BCUT2D eigenvalue weighted by Gasteiger charge is -2.27. The highest BCUT2D eigenvalue weighted by Gasteiger charge is 2.23. The summed E-state index contributed by atoms with van der Waals surface area (Å²) in [5.74, 6) is 3.86. The molecule has 0 unspecified atom stereocenters. The average Bonchev–Trinajstić information content (AvgIpc) is 3.60. The number of benzene rings is 1.